The van der Waals surface area contributed by atoms with Crippen LogP contribution in [0, 0.1) is 34.5 Å². The summed E-state index contributed by atoms with van der Waals surface area (Å²) in [5.74, 6) is -6.56. The van der Waals surface area contributed by atoms with E-state index in [9.17, 15) is 15.2 Å². The van der Waals surface area contributed by atoms with Gasteiger partial charge in [0.2, 0.25) is 0 Å². The van der Waals surface area contributed by atoms with Crippen LogP contribution < -0.4 is 0 Å². The molecule has 1 aliphatic carbocycles. The molecule has 1 aromatic carbocycles. The van der Waals surface area contributed by atoms with Crippen LogP contribution in [-0.4, -0.2) is 33.1 Å². The highest BCUT2D eigenvalue weighted by molar-refractivity contribution is 7.07. The number of fused-ring (bicyclic) bond motifs is 1. The van der Waals surface area contributed by atoms with Crippen molar-refractivity contribution in [1.29, 1.82) is 5.26 Å². The van der Waals surface area contributed by atoms with E-state index in [0.29, 0.717) is 11.3 Å². The third kappa shape index (κ3) is 4.14. The quantitative estimate of drug-likeness (QED) is 0.435. The van der Waals surface area contributed by atoms with Crippen LogP contribution in [-0.2, 0) is 9.53 Å². The number of allylic oxidation sites excluding steroid dienone is 1. The first-order valence-electron chi connectivity index (χ1n) is 12.0. The number of benzene rings is 1. The molecule has 190 valence electrons. The summed E-state index contributed by atoms with van der Waals surface area (Å²) in [4.78, 5) is 21.7. The molecule has 1 aliphatic heterocycles. The van der Waals surface area contributed by atoms with Gasteiger partial charge in [-0.25, -0.2) is 13.8 Å². The number of aliphatic hydroxyl groups is 1. The molecule has 2 aromatic heterocycles. The molecule has 9 heteroatoms. The molecule has 0 radical (unpaired) electrons. The van der Waals surface area contributed by atoms with Crippen molar-refractivity contribution >= 4 is 23.4 Å². The van der Waals surface area contributed by atoms with Crippen LogP contribution in [0.15, 0.2) is 59.6 Å². The van der Waals surface area contributed by atoms with E-state index in [1.165, 1.54) is 23.8 Å². The number of carbonyl (C=O) groups excluding carboxylic acids is 1. The number of pyridine rings is 1. The fourth-order valence-electron chi connectivity index (χ4n) is 5.90. The first kappa shape index (κ1) is 25.2. The number of nitrogens with zero attached hydrogens (tertiary/aromatic N) is 3. The number of nitriles is 1. The fraction of sp³-hybridized carbons (Fsp3) is 0.357. The third-order valence-electron chi connectivity index (χ3n) is 7.81. The lowest BCUT2D eigenvalue weighted by Gasteiger charge is -2.49. The normalized spacial score (nSPS) is 29.5. The van der Waals surface area contributed by atoms with Crippen molar-refractivity contribution < 1.29 is 23.4 Å². The van der Waals surface area contributed by atoms with Gasteiger partial charge in [-0.3, -0.25) is 9.78 Å². The Hall–Kier alpha value is -3.48. The number of rotatable bonds is 5. The highest BCUT2D eigenvalue weighted by Crippen LogP contribution is 2.63. The molecule has 2 fully saturated rings. The number of esters is 1. The van der Waals surface area contributed by atoms with Crippen molar-refractivity contribution in [1.82, 2.24) is 9.97 Å². The zero-order valence-electron chi connectivity index (χ0n) is 20.2. The van der Waals surface area contributed by atoms with Gasteiger partial charge in [0.05, 0.1) is 28.5 Å². The average Bonchev–Trinajstić information content (AvgIpc) is 3.51. The van der Waals surface area contributed by atoms with Crippen LogP contribution in [0.1, 0.15) is 43.3 Å². The van der Waals surface area contributed by atoms with E-state index in [-0.39, 0.29) is 5.69 Å². The van der Waals surface area contributed by atoms with Gasteiger partial charge in [0.1, 0.15) is 17.6 Å². The summed E-state index contributed by atoms with van der Waals surface area (Å²) in [6, 6.07) is 12.9. The molecule has 37 heavy (non-hydrogen) atoms. The molecule has 3 heterocycles. The summed E-state index contributed by atoms with van der Waals surface area (Å²) in [5.41, 5.74) is 2.48. The Bertz CT molecular complexity index is 1370. The Morgan fingerprint density at radius 2 is 2.03 bits per heavy atom. The number of aromatic nitrogens is 2. The van der Waals surface area contributed by atoms with Gasteiger partial charge in [0.15, 0.2) is 0 Å². The number of ether oxygens (including phenoxy) is 1. The highest BCUT2D eigenvalue weighted by atomic mass is 32.1. The van der Waals surface area contributed by atoms with Crippen molar-refractivity contribution in [3.63, 3.8) is 0 Å². The summed E-state index contributed by atoms with van der Waals surface area (Å²) in [6.07, 6.45) is 1.99. The van der Waals surface area contributed by atoms with E-state index in [4.69, 9.17) is 4.74 Å². The van der Waals surface area contributed by atoms with Crippen LogP contribution in [0.4, 0.5) is 8.78 Å². The summed E-state index contributed by atoms with van der Waals surface area (Å²) < 4.78 is 36.4. The minimum atomic E-state index is -3.22. The maximum atomic E-state index is 15.5. The van der Waals surface area contributed by atoms with E-state index >= 15 is 8.78 Å². The molecular formula is C28H25F2N3O3S. The lowest BCUT2D eigenvalue weighted by molar-refractivity contribution is -0.192. The molecule has 0 spiro atoms. The predicted octanol–water partition coefficient (Wildman–Crippen LogP) is 5.66. The maximum Gasteiger partial charge on any atom is 0.316 e. The standard InChI is InChI=1S/C28H25F2N3O3S/c1-16-21(10-9-20-8-7-19(12-32-20)22-6-4-3-5-18(22)11-31)24-17(2)36-26(35)27(24,14-28(16,29)30)25(34)23-13-37-15-33-23/h3-10,12-13,15-17,21,24-25,34H,14H2,1-2H3/b10-9+/t16?,17-,21+,24?,25?,27-/m1/s1. The Balaban J connectivity index is 1.50. The van der Waals surface area contributed by atoms with Gasteiger partial charge in [-0.2, -0.15) is 5.26 Å². The Kier molecular flexibility index (Phi) is 6.42. The number of carbonyl (C=O) groups is 1. The Morgan fingerprint density at radius 3 is 2.70 bits per heavy atom. The lowest BCUT2D eigenvalue weighted by atomic mass is 9.54. The van der Waals surface area contributed by atoms with Crippen LogP contribution in [0.2, 0.25) is 0 Å². The molecule has 1 saturated heterocycles. The Morgan fingerprint density at radius 1 is 1.24 bits per heavy atom. The van der Waals surface area contributed by atoms with Crippen LogP contribution in [0.5, 0.6) is 0 Å². The summed E-state index contributed by atoms with van der Waals surface area (Å²) >= 11 is 1.22. The van der Waals surface area contributed by atoms with Gasteiger partial charge in [0, 0.05) is 41.0 Å². The van der Waals surface area contributed by atoms with Crippen molar-refractivity contribution in [3.05, 3.63) is 76.5 Å². The molecule has 0 bridgehead atoms. The van der Waals surface area contributed by atoms with E-state index < -0.39 is 53.7 Å². The molecule has 0 amide bonds. The van der Waals surface area contributed by atoms with Crippen LogP contribution in [0.25, 0.3) is 17.2 Å². The average molecular weight is 522 g/mol. The number of hydrogen-bond acceptors (Lipinski definition) is 7. The zero-order valence-corrected chi connectivity index (χ0v) is 21.0. The fourth-order valence-corrected chi connectivity index (χ4v) is 6.47. The third-order valence-corrected chi connectivity index (χ3v) is 8.42. The highest BCUT2D eigenvalue weighted by Gasteiger charge is 2.71. The Labute approximate surface area is 217 Å². The second-order valence-corrected chi connectivity index (χ2v) is 10.5. The molecule has 5 rings (SSSR count). The predicted molar refractivity (Wildman–Crippen MR) is 134 cm³/mol. The number of halogens is 2. The van der Waals surface area contributed by atoms with Gasteiger partial charge in [0.25, 0.3) is 5.92 Å². The lowest BCUT2D eigenvalue weighted by Crippen LogP contribution is -2.56. The van der Waals surface area contributed by atoms with Gasteiger partial charge >= 0.3 is 5.97 Å². The zero-order chi connectivity index (χ0) is 26.4. The summed E-state index contributed by atoms with van der Waals surface area (Å²) in [6.45, 7) is 3.16. The first-order chi connectivity index (χ1) is 17.7. The second kappa shape index (κ2) is 9.43. The van der Waals surface area contributed by atoms with Crippen molar-refractivity contribution in [3.8, 4) is 17.2 Å². The monoisotopic (exact) mass is 521 g/mol. The number of thiazole rings is 1. The first-order valence-corrected chi connectivity index (χ1v) is 12.9. The molecule has 6 atom stereocenters. The van der Waals surface area contributed by atoms with Crippen LogP contribution >= 0.6 is 11.3 Å². The molecule has 6 nitrogen and oxygen atoms in total. The SMILES string of the molecule is CC1[C@H](/C=C/c2ccc(-c3ccccc3C#N)cn2)C2[C@@H](C)OC(=O)[C@]2(C(O)c2cscn2)CC1(F)F. The van der Waals surface area contributed by atoms with E-state index in [1.807, 2.05) is 18.2 Å². The minimum Gasteiger partial charge on any atom is -0.462 e. The van der Waals surface area contributed by atoms with Gasteiger partial charge in [-0.05, 0) is 31.1 Å². The number of alkyl halides is 2. The van der Waals surface area contributed by atoms with Crippen LogP contribution in [0.3, 0.4) is 0 Å². The van der Waals surface area contributed by atoms with Crippen molar-refractivity contribution in [2.45, 2.75) is 38.4 Å². The summed E-state index contributed by atoms with van der Waals surface area (Å²) in [5, 5.41) is 22.2. The van der Waals surface area contributed by atoms with E-state index in [1.54, 1.807) is 48.9 Å². The molecule has 3 unspecified atom stereocenters. The second-order valence-electron chi connectivity index (χ2n) is 9.78. The number of aliphatic hydroxyl groups excluding tert-OH is 1. The smallest absolute Gasteiger partial charge is 0.316 e. The van der Waals surface area contributed by atoms with Gasteiger partial charge in [-0.15, -0.1) is 11.3 Å². The minimum absolute atomic E-state index is 0.198. The van der Waals surface area contributed by atoms with Gasteiger partial charge < -0.3 is 9.84 Å². The molecule has 1 N–H and O–H groups in total. The largest absolute Gasteiger partial charge is 0.462 e. The maximum absolute atomic E-state index is 15.5. The van der Waals surface area contributed by atoms with E-state index in [0.717, 1.165) is 11.1 Å². The van der Waals surface area contributed by atoms with E-state index in [2.05, 4.69) is 16.0 Å². The molecule has 3 aromatic rings. The molecule has 1 saturated carbocycles. The number of cyclic esters (lactones) is 1. The number of hydrogen-bond donors (Lipinski definition) is 1. The molecular weight excluding hydrogens is 496 g/mol. The van der Waals surface area contributed by atoms with Crippen molar-refractivity contribution in [2.24, 2.45) is 23.2 Å². The van der Waals surface area contributed by atoms with Crippen molar-refractivity contribution in [2.75, 3.05) is 0 Å². The summed E-state index contributed by atoms with van der Waals surface area (Å²) in [7, 11) is 0. The molecule has 2 aliphatic rings. The topological polar surface area (TPSA) is 96.1 Å². The van der Waals surface area contributed by atoms with Gasteiger partial charge in [-0.1, -0.05) is 37.3 Å².